The summed E-state index contributed by atoms with van der Waals surface area (Å²) in [7, 11) is 1.00. The summed E-state index contributed by atoms with van der Waals surface area (Å²) in [5, 5.41) is 0. The zero-order valence-electron chi connectivity index (χ0n) is 15.9. The van der Waals surface area contributed by atoms with Crippen molar-refractivity contribution in [2.75, 3.05) is 13.5 Å². The summed E-state index contributed by atoms with van der Waals surface area (Å²) in [6.45, 7) is -5.75. The number of hydrogen-bond donors (Lipinski definition) is 0. The summed E-state index contributed by atoms with van der Waals surface area (Å²) in [6.07, 6.45) is 2.38. The van der Waals surface area contributed by atoms with E-state index in [1.807, 2.05) is 0 Å². The van der Waals surface area contributed by atoms with Crippen LogP contribution in [-0.2, 0) is 6.37 Å². The lowest BCUT2D eigenvalue weighted by molar-refractivity contribution is 0.287. The van der Waals surface area contributed by atoms with Gasteiger partial charge in [0.1, 0.15) is 0 Å². The number of benzene rings is 1. The van der Waals surface area contributed by atoms with Gasteiger partial charge in [0, 0.05) is 14.2 Å². The molecule has 0 aromatic heterocycles. The zero-order chi connectivity index (χ0) is 17.4. The van der Waals surface area contributed by atoms with Gasteiger partial charge in [-0.3, -0.25) is 4.90 Å². The number of hydrogen-bond acceptors (Lipinski definition) is 1. The van der Waals surface area contributed by atoms with Gasteiger partial charge in [-0.15, -0.1) is 6.42 Å². The fourth-order valence-electron chi connectivity index (χ4n) is 0.895. The first-order valence-electron chi connectivity index (χ1n) is 8.09. The number of rotatable bonds is 4. The molecule has 0 aliphatic rings. The minimum Gasteiger partial charge on any atom is -0.292 e. The van der Waals surface area contributed by atoms with Crippen molar-refractivity contribution in [3.63, 3.8) is 0 Å². The summed E-state index contributed by atoms with van der Waals surface area (Å²) in [6, 6.07) is 4.46. The third kappa shape index (κ3) is 3.24. The first-order chi connectivity index (χ1) is 9.82. The Balaban J connectivity index is 3.58. The van der Waals surface area contributed by atoms with Gasteiger partial charge in [-0.05, 0) is 25.8 Å². The molecule has 1 atom stereocenters. The number of nitrogens with zero attached hydrogens (tertiary/aromatic N) is 1. The van der Waals surface area contributed by atoms with E-state index in [4.69, 9.17) is 17.4 Å². The van der Waals surface area contributed by atoms with E-state index in [2.05, 4.69) is 0 Å². The Labute approximate surface area is 98.0 Å². The standard InChI is InChI=1S/C13H17N/c1-4-10-14(3)12(2)11-13-8-6-5-7-9-13/h1,5-9,12H,10-11H2,2-3H3/t12-/m1/s1/i2D3,10D2,11D2,12D. The molecule has 0 bridgehead atoms. The Morgan fingerprint density at radius 2 is 2.36 bits per heavy atom. The van der Waals surface area contributed by atoms with E-state index in [9.17, 15) is 0 Å². The van der Waals surface area contributed by atoms with Gasteiger partial charge in [0.25, 0.3) is 0 Å². The molecular formula is C13H17N. The molecule has 0 saturated carbocycles. The molecule has 1 aromatic rings. The zero-order valence-corrected chi connectivity index (χ0v) is 7.91. The maximum atomic E-state index is 8.33. The van der Waals surface area contributed by atoms with Crippen LogP contribution in [0.5, 0.6) is 0 Å². The van der Waals surface area contributed by atoms with Gasteiger partial charge in [0.05, 0.1) is 9.24 Å². The van der Waals surface area contributed by atoms with Crippen LogP contribution >= 0.6 is 0 Å². The van der Waals surface area contributed by atoms with Crippen LogP contribution in [0.25, 0.3) is 0 Å². The molecule has 0 aliphatic carbocycles. The average Bonchev–Trinajstić information content (AvgIpc) is 2.45. The van der Waals surface area contributed by atoms with Gasteiger partial charge in [-0.1, -0.05) is 36.3 Å². The maximum Gasteiger partial charge on any atom is 0.0598 e. The predicted molar refractivity (Wildman–Crippen MR) is 61.1 cm³/mol. The third-order valence-corrected chi connectivity index (χ3v) is 1.60. The summed E-state index contributed by atoms with van der Waals surface area (Å²) in [4.78, 5) is 0.444. The van der Waals surface area contributed by atoms with Gasteiger partial charge >= 0.3 is 0 Å². The summed E-state index contributed by atoms with van der Waals surface area (Å²) in [5.41, 5.74) is -0.0409. The van der Waals surface area contributed by atoms with Crippen LogP contribution in [0.2, 0.25) is 0 Å². The van der Waals surface area contributed by atoms with E-state index in [1.165, 1.54) is 24.3 Å². The molecular weight excluding hydrogens is 170 g/mol. The van der Waals surface area contributed by atoms with Gasteiger partial charge in [0.2, 0.25) is 0 Å². The van der Waals surface area contributed by atoms with Gasteiger partial charge < -0.3 is 0 Å². The molecule has 0 radical (unpaired) electrons. The van der Waals surface area contributed by atoms with Gasteiger partial charge in [-0.25, -0.2) is 0 Å². The number of likely N-dealkylation sites (N-methyl/N-ethyl adjacent to an activating group) is 1. The highest BCUT2D eigenvalue weighted by Crippen LogP contribution is 2.06. The van der Waals surface area contributed by atoms with Crippen LogP contribution in [0.1, 0.15) is 23.4 Å². The molecule has 74 valence electrons. The van der Waals surface area contributed by atoms with E-state index in [0.29, 0.717) is 4.90 Å². The molecule has 0 amide bonds. The Morgan fingerprint density at radius 3 is 2.93 bits per heavy atom. The molecule has 1 rings (SSSR count). The molecule has 0 aliphatic heterocycles. The lowest BCUT2D eigenvalue weighted by Crippen LogP contribution is -2.31. The smallest absolute Gasteiger partial charge is 0.0598 e. The van der Waals surface area contributed by atoms with Crippen LogP contribution in [0, 0.1) is 12.3 Å². The predicted octanol–water partition coefficient (Wildman–Crippen LogP) is 2.18. The van der Waals surface area contributed by atoms with E-state index in [1.54, 1.807) is 12.0 Å². The summed E-state index contributed by atoms with van der Waals surface area (Å²) >= 11 is 0. The first-order valence-corrected chi connectivity index (χ1v) is 4.09. The van der Waals surface area contributed by atoms with Crippen molar-refractivity contribution in [3.8, 4) is 12.3 Å². The highest BCUT2D eigenvalue weighted by Gasteiger charge is 2.07. The van der Waals surface area contributed by atoms with Gasteiger partial charge in [-0.2, -0.15) is 0 Å². The van der Waals surface area contributed by atoms with Crippen LogP contribution in [0.15, 0.2) is 30.3 Å². The SMILES string of the molecule is [2H]C([2H])(C#C)N(C)[C@]([2H])(C([2H])([2H])[2H])C([2H])([2H])c1ccccc1. The fraction of sp³-hybridized carbons (Fsp3) is 0.385. The molecule has 0 unspecified atom stereocenters. The minimum absolute atomic E-state index is 0.0409. The molecule has 0 fully saturated rings. The lowest BCUT2D eigenvalue weighted by Gasteiger charge is -2.22. The highest BCUT2D eigenvalue weighted by molar-refractivity contribution is 5.15. The quantitative estimate of drug-likeness (QED) is 0.666. The van der Waals surface area contributed by atoms with Crippen molar-refractivity contribution in [2.45, 2.75) is 19.2 Å². The molecule has 0 N–H and O–H groups in total. The molecule has 0 saturated heterocycles. The van der Waals surface area contributed by atoms with E-state index in [0.717, 1.165) is 7.05 Å². The number of terminal acetylenes is 1. The Hall–Kier alpha value is -1.26. The fourth-order valence-corrected chi connectivity index (χ4v) is 0.895. The topological polar surface area (TPSA) is 3.24 Å². The molecule has 0 heterocycles. The van der Waals surface area contributed by atoms with Crippen LogP contribution in [-0.4, -0.2) is 24.5 Å². The Kier molecular flexibility index (Phi) is 1.59. The second-order valence-electron chi connectivity index (χ2n) is 2.65. The summed E-state index contributed by atoms with van der Waals surface area (Å²) in [5.74, 6) is 1.77. The van der Waals surface area contributed by atoms with Gasteiger partial charge in [0.15, 0.2) is 0 Å². The van der Waals surface area contributed by atoms with Crippen molar-refractivity contribution >= 4 is 0 Å². The van der Waals surface area contributed by atoms with Crippen LogP contribution in [0.4, 0.5) is 0 Å². The second kappa shape index (κ2) is 5.47. The normalized spacial score (nSPS) is 26.1. The van der Waals surface area contributed by atoms with Crippen molar-refractivity contribution in [3.05, 3.63) is 35.9 Å². The molecule has 1 heteroatoms. The van der Waals surface area contributed by atoms with Crippen LogP contribution < -0.4 is 0 Å². The average molecular weight is 195 g/mol. The van der Waals surface area contributed by atoms with Crippen molar-refractivity contribution in [1.82, 2.24) is 4.90 Å². The van der Waals surface area contributed by atoms with Crippen molar-refractivity contribution in [1.29, 1.82) is 0 Å². The highest BCUT2D eigenvalue weighted by atomic mass is 15.1. The Bertz CT molecular complexity index is 560. The van der Waals surface area contributed by atoms with Crippen molar-refractivity contribution < 1.29 is 11.0 Å². The van der Waals surface area contributed by atoms with Crippen molar-refractivity contribution in [2.24, 2.45) is 0 Å². The second-order valence-corrected chi connectivity index (χ2v) is 2.65. The first kappa shape index (κ1) is 4.08. The Morgan fingerprint density at radius 1 is 1.64 bits per heavy atom. The molecule has 1 aromatic carbocycles. The molecule has 14 heavy (non-hydrogen) atoms. The van der Waals surface area contributed by atoms with Crippen LogP contribution in [0.3, 0.4) is 0 Å². The lowest BCUT2D eigenvalue weighted by atomic mass is 10.1. The maximum absolute atomic E-state index is 8.33. The van der Waals surface area contributed by atoms with E-state index < -0.39 is 25.7 Å². The summed E-state index contributed by atoms with van der Waals surface area (Å²) < 4.78 is 62.9. The van der Waals surface area contributed by atoms with E-state index >= 15 is 0 Å². The molecule has 0 spiro atoms. The monoisotopic (exact) mass is 195 g/mol. The minimum atomic E-state index is -3.15. The molecule has 1 nitrogen and oxygen atoms in total. The third-order valence-electron chi connectivity index (χ3n) is 1.60. The van der Waals surface area contributed by atoms with E-state index in [-0.39, 0.29) is 5.56 Å². The largest absolute Gasteiger partial charge is 0.292 e.